The maximum absolute atomic E-state index is 12.5. The number of hydrogen-bond donors (Lipinski definition) is 1. The molecule has 0 spiro atoms. The van der Waals surface area contributed by atoms with Crippen LogP contribution in [-0.4, -0.2) is 40.4 Å². The molecule has 150 valence electrons. The van der Waals surface area contributed by atoms with E-state index in [-0.39, 0.29) is 44.2 Å². The predicted molar refractivity (Wildman–Crippen MR) is 105 cm³/mol. The van der Waals surface area contributed by atoms with E-state index in [0.717, 1.165) is 6.07 Å². The molecule has 2 aromatic carbocycles. The Morgan fingerprint density at radius 3 is 2.54 bits per heavy atom. The van der Waals surface area contributed by atoms with Crippen LogP contribution in [0.1, 0.15) is 16.8 Å². The zero-order valence-electron chi connectivity index (χ0n) is 14.3. The van der Waals surface area contributed by atoms with Crippen molar-refractivity contribution in [2.75, 3.05) is 11.5 Å². The van der Waals surface area contributed by atoms with Crippen LogP contribution in [0.15, 0.2) is 47.4 Å². The molecule has 0 bridgehead atoms. The summed E-state index contributed by atoms with van der Waals surface area (Å²) < 4.78 is 55.7. The number of rotatable bonds is 5. The largest absolute Gasteiger partial charge is 0.421 e. The number of benzene rings is 2. The first-order valence-electron chi connectivity index (χ1n) is 8.06. The van der Waals surface area contributed by atoms with E-state index < -0.39 is 31.9 Å². The molecule has 11 heteroatoms. The number of carbonyl (C=O) groups is 1. The average molecular weight is 464 g/mol. The Morgan fingerprint density at radius 1 is 1.14 bits per heavy atom. The van der Waals surface area contributed by atoms with Crippen LogP contribution in [0.4, 0.5) is 0 Å². The van der Waals surface area contributed by atoms with Gasteiger partial charge in [-0.05, 0) is 36.8 Å². The van der Waals surface area contributed by atoms with Crippen molar-refractivity contribution >= 4 is 49.0 Å². The van der Waals surface area contributed by atoms with Gasteiger partial charge in [-0.3, -0.25) is 0 Å². The van der Waals surface area contributed by atoms with Gasteiger partial charge in [0.2, 0.25) is 10.0 Å². The number of sulfonamides is 1. The summed E-state index contributed by atoms with van der Waals surface area (Å²) in [7, 11) is -7.25. The molecule has 0 radical (unpaired) electrons. The lowest BCUT2D eigenvalue weighted by atomic mass is 10.2. The number of carbonyl (C=O) groups excluding carboxylic acids is 1. The SMILES string of the molecule is O=C(Oc1cccc(Cl)c1Cl)c1cccc(S(=O)(=O)NC2CCS(=O)(=O)C2)c1. The number of halogens is 2. The molecule has 1 saturated heterocycles. The van der Waals surface area contributed by atoms with Gasteiger partial charge in [-0.2, -0.15) is 0 Å². The minimum absolute atomic E-state index is 0.0158. The molecule has 0 saturated carbocycles. The van der Waals surface area contributed by atoms with Crippen molar-refractivity contribution in [3.8, 4) is 5.75 Å². The second kappa shape index (κ2) is 8.00. The lowest BCUT2D eigenvalue weighted by Gasteiger charge is -2.12. The molecule has 1 aliphatic rings. The molecule has 1 atom stereocenters. The molecule has 1 heterocycles. The minimum atomic E-state index is -4.01. The topological polar surface area (TPSA) is 107 Å². The summed E-state index contributed by atoms with van der Waals surface area (Å²) in [5.74, 6) is -1.08. The summed E-state index contributed by atoms with van der Waals surface area (Å²) in [4.78, 5) is 12.2. The summed E-state index contributed by atoms with van der Waals surface area (Å²) in [6.07, 6.45) is 0.205. The normalized spacial score (nSPS) is 18.7. The standard InChI is InChI=1S/C17H15Cl2NO6S2/c18-14-5-2-6-15(16(14)19)26-17(21)11-3-1-4-13(9-11)28(24,25)20-12-7-8-27(22,23)10-12/h1-6,9,12,20H,7-8,10H2. The van der Waals surface area contributed by atoms with Crippen molar-refractivity contribution in [1.29, 1.82) is 0 Å². The van der Waals surface area contributed by atoms with Gasteiger partial charge in [-0.25, -0.2) is 26.4 Å². The zero-order valence-corrected chi connectivity index (χ0v) is 17.4. The minimum Gasteiger partial charge on any atom is -0.421 e. The van der Waals surface area contributed by atoms with E-state index in [4.69, 9.17) is 27.9 Å². The first-order valence-corrected chi connectivity index (χ1v) is 12.1. The summed E-state index contributed by atoms with van der Waals surface area (Å²) >= 11 is 11.9. The van der Waals surface area contributed by atoms with Crippen LogP contribution < -0.4 is 9.46 Å². The van der Waals surface area contributed by atoms with Crippen LogP contribution in [-0.2, 0) is 19.9 Å². The summed E-state index contributed by atoms with van der Waals surface area (Å²) in [6, 6.07) is 9.06. The number of ether oxygens (including phenoxy) is 1. The molecular formula is C17H15Cl2NO6S2. The lowest BCUT2D eigenvalue weighted by Crippen LogP contribution is -2.35. The molecule has 0 aliphatic carbocycles. The van der Waals surface area contributed by atoms with E-state index >= 15 is 0 Å². The van der Waals surface area contributed by atoms with Gasteiger partial charge in [0.05, 0.1) is 27.0 Å². The second-order valence-corrected chi connectivity index (χ2v) is 10.9. The van der Waals surface area contributed by atoms with E-state index in [1.807, 2.05) is 0 Å². The Morgan fingerprint density at radius 2 is 1.86 bits per heavy atom. The average Bonchev–Trinajstić information content (AvgIpc) is 2.96. The van der Waals surface area contributed by atoms with Crippen LogP contribution in [0.25, 0.3) is 0 Å². The molecule has 0 aromatic heterocycles. The molecule has 1 N–H and O–H groups in total. The number of hydrogen-bond acceptors (Lipinski definition) is 6. The van der Waals surface area contributed by atoms with E-state index in [1.54, 1.807) is 6.07 Å². The fourth-order valence-corrected chi connectivity index (χ4v) is 6.11. The highest BCUT2D eigenvalue weighted by molar-refractivity contribution is 7.92. The molecule has 2 aromatic rings. The summed E-state index contributed by atoms with van der Waals surface area (Å²) in [6.45, 7) is 0. The van der Waals surface area contributed by atoms with Gasteiger partial charge in [0.25, 0.3) is 0 Å². The van der Waals surface area contributed by atoms with Crippen LogP contribution in [0, 0.1) is 0 Å². The molecule has 0 amide bonds. The van der Waals surface area contributed by atoms with Crippen LogP contribution >= 0.6 is 23.2 Å². The van der Waals surface area contributed by atoms with Crippen molar-refractivity contribution in [2.45, 2.75) is 17.4 Å². The fourth-order valence-electron chi connectivity index (χ4n) is 2.69. The smallest absolute Gasteiger partial charge is 0.343 e. The van der Waals surface area contributed by atoms with Gasteiger partial charge in [-0.15, -0.1) is 0 Å². The van der Waals surface area contributed by atoms with Crippen molar-refractivity contribution < 1.29 is 26.4 Å². The maximum atomic E-state index is 12.5. The highest BCUT2D eigenvalue weighted by atomic mass is 35.5. The quantitative estimate of drug-likeness (QED) is 0.539. The Bertz CT molecular complexity index is 1130. The van der Waals surface area contributed by atoms with Crippen LogP contribution in [0.5, 0.6) is 5.75 Å². The van der Waals surface area contributed by atoms with E-state index in [0.29, 0.717) is 0 Å². The van der Waals surface area contributed by atoms with E-state index in [2.05, 4.69) is 4.72 Å². The monoisotopic (exact) mass is 463 g/mol. The Kier molecular flexibility index (Phi) is 6.02. The zero-order chi connectivity index (χ0) is 20.5. The summed E-state index contributed by atoms with van der Waals surface area (Å²) in [5.41, 5.74) is -0.0158. The second-order valence-electron chi connectivity index (χ2n) is 6.19. The molecule has 28 heavy (non-hydrogen) atoms. The molecule has 1 aliphatic heterocycles. The van der Waals surface area contributed by atoms with Gasteiger partial charge >= 0.3 is 5.97 Å². The van der Waals surface area contributed by atoms with Crippen molar-refractivity contribution in [1.82, 2.24) is 4.72 Å². The van der Waals surface area contributed by atoms with Crippen molar-refractivity contribution in [2.24, 2.45) is 0 Å². The maximum Gasteiger partial charge on any atom is 0.343 e. The van der Waals surface area contributed by atoms with E-state index in [1.165, 1.54) is 30.3 Å². The van der Waals surface area contributed by atoms with Crippen LogP contribution in [0.2, 0.25) is 10.0 Å². The van der Waals surface area contributed by atoms with Gasteiger partial charge in [-0.1, -0.05) is 35.3 Å². The lowest BCUT2D eigenvalue weighted by molar-refractivity contribution is 0.0734. The van der Waals surface area contributed by atoms with E-state index in [9.17, 15) is 21.6 Å². The van der Waals surface area contributed by atoms with Gasteiger partial charge < -0.3 is 4.74 Å². The summed E-state index contributed by atoms with van der Waals surface area (Å²) in [5, 5.41) is 0.268. The number of esters is 1. The Hall–Kier alpha value is -1.65. The Balaban J connectivity index is 1.79. The number of nitrogens with one attached hydrogen (secondary N) is 1. The van der Waals surface area contributed by atoms with Crippen LogP contribution in [0.3, 0.4) is 0 Å². The molecule has 1 fully saturated rings. The molecular weight excluding hydrogens is 449 g/mol. The van der Waals surface area contributed by atoms with Gasteiger partial charge in [0.15, 0.2) is 15.6 Å². The van der Waals surface area contributed by atoms with Crippen molar-refractivity contribution in [3.05, 3.63) is 58.1 Å². The molecule has 7 nitrogen and oxygen atoms in total. The highest BCUT2D eigenvalue weighted by Gasteiger charge is 2.31. The third-order valence-electron chi connectivity index (χ3n) is 4.05. The third kappa shape index (κ3) is 4.84. The number of sulfone groups is 1. The first kappa shape index (κ1) is 21.1. The molecule has 1 unspecified atom stereocenters. The fraction of sp³-hybridized carbons (Fsp3) is 0.235. The highest BCUT2D eigenvalue weighted by Crippen LogP contribution is 2.32. The van der Waals surface area contributed by atoms with Gasteiger partial charge in [0, 0.05) is 6.04 Å². The third-order valence-corrected chi connectivity index (χ3v) is 8.14. The van der Waals surface area contributed by atoms with Gasteiger partial charge in [0.1, 0.15) is 5.02 Å². The predicted octanol–water partition coefficient (Wildman–Crippen LogP) is 2.68. The first-order chi connectivity index (χ1) is 13.1. The Labute approximate surface area is 172 Å². The molecule has 3 rings (SSSR count). The van der Waals surface area contributed by atoms with Crippen molar-refractivity contribution in [3.63, 3.8) is 0 Å².